The van der Waals surface area contributed by atoms with Crippen LogP contribution in [0.15, 0.2) is 67.1 Å². The van der Waals surface area contributed by atoms with Crippen LogP contribution in [0.2, 0.25) is 0 Å². The van der Waals surface area contributed by atoms with Crippen molar-refractivity contribution in [2.75, 3.05) is 18.0 Å². The molecule has 5 nitrogen and oxygen atoms in total. The van der Waals surface area contributed by atoms with Crippen molar-refractivity contribution < 1.29 is 4.74 Å². The number of fused-ring (bicyclic) bond motifs is 2. The van der Waals surface area contributed by atoms with E-state index >= 15 is 0 Å². The number of rotatable bonds is 3. The molecule has 2 aromatic carbocycles. The Morgan fingerprint density at radius 1 is 1.07 bits per heavy atom. The van der Waals surface area contributed by atoms with E-state index in [0.717, 1.165) is 36.2 Å². The zero-order chi connectivity index (χ0) is 19.8. The van der Waals surface area contributed by atoms with Gasteiger partial charge in [0.2, 0.25) is 0 Å². The number of ether oxygens (including phenoxy) is 1. The third-order valence-electron chi connectivity index (χ3n) is 5.55. The summed E-state index contributed by atoms with van der Waals surface area (Å²) < 4.78 is 8.49. The van der Waals surface area contributed by atoms with Crippen molar-refractivity contribution in [2.45, 2.75) is 25.7 Å². The molecular weight excluding hydrogens is 360 g/mol. The van der Waals surface area contributed by atoms with Crippen LogP contribution in [0.1, 0.15) is 12.5 Å². The molecule has 1 aliphatic rings. The number of hydrogen-bond acceptors (Lipinski definition) is 4. The molecule has 3 heterocycles. The summed E-state index contributed by atoms with van der Waals surface area (Å²) in [6.07, 6.45) is 6.32. The second kappa shape index (κ2) is 7.23. The normalized spacial score (nSPS) is 19.5. The predicted octanol–water partition coefficient (Wildman–Crippen LogP) is 4.36. The molecule has 0 spiro atoms. The van der Waals surface area contributed by atoms with Gasteiger partial charge in [0.25, 0.3) is 0 Å². The van der Waals surface area contributed by atoms with Gasteiger partial charge in [0, 0.05) is 42.8 Å². The van der Waals surface area contributed by atoms with E-state index in [0.29, 0.717) is 5.56 Å². The van der Waals surface area contributed by atoms with Crippen LogP contribution >= 0.6 is 0 Å². The minimum atomic E-state index is 0.0860. The van der Waals surface area contributed by atoms with E-state index in [1.54, 1.807) is 6.20 Å². The maximum Gasteiger partial charge on any atom is 0.101 e. The molecule has 2 aromatic heterocycles. The average Bonchev–Trinajstić information content (AvgIpc) is 3.14. The van der Waals surface area contributed by atoms with Crippen molar-refractivity contribution in [3.63, 3.8) is 0 Å². The summed E-state index contributed by atoms with van der Waals surface area (Å²) in [6.45, 7) is 4.55. The van der Waals surface area contributed by atoms with Gasteiger partial charge in [-0.25, -0.2) is 0 Å². The van der Waals surface area contributed by atoms with E-state index in [9.17, 15) is 5.26 Å². The van der Waals surface area contributed by atoms with Crippen molar-refractivity contribution in [2.24, 2.45) is 0 Å². The minimum Gasteiger partial charge on any atom is -0.370 e. The zero-order valence-electron chi connectivity index (χ0n) is 16.3. The topological polar surface area (TPSA) is 54.1 Å². The first-order valence-corrected chi connectivity index (χ1v) is 9.94. The SMILES string of the molecule is C[C@@H]1CN(c2ccc(C#N)c3ncccc23)C[C@H](Cn2cc3ccccc3c2)O1. The number of hydrogen-bond donors (Lipinski definition) is 0. The lowest BCUT2D eigenvalue weighted by molar-refractivity contribution is -0.0238. The summed E-state index contributed by atoms with van der Waals surface area (Å²) in [5.41, 5.74) is 2.49. The van der Waals surface area contributed by atoms with Crippen LogP contribution in [0.25, 0.3) is 21.7 Å². The molecule has 0 N–H and O–H groups in total. The standard InChI is InChI=1S/C24H22N4O/c1-17-12-28(23-9-8-18(11-25)24-22(23)7-4-10-26-24)16-21(29-17)15-27-13-19-5-2-3-6-20(19)14-27/h2-10,13-14,17,21H,12,15-16H2,1H3/t17-,21+/m1/s1. The van der Waals surface area contributed by atoms with E-state index in [-0.39, 0.29) is 12.2 Å². The van der Waals surface area contributed by atoms with Gasteiger partial charge < -0.3 is 14.2 Å². The van der Waals surface area contributed by atoms with Crippen LogP contribution in [0.5, 0.6) is 0 Å². The van der Waals surface area contributed by atoms with Gasteiger partial charge in [-0.2, -0.15) is 5.26 Å². The molecule has 4 aromatic rings. The first-order valence-electron chi connectivity index (χ1n) is 9.94. The molecule has 1 aliphatic heterocycles. The fraction of sp³-hybridized carbons (Fsp3) is 0.250. The Balaban J connectivity index is 1.44. The van der Waals surface area contributed by atoms with Crippen LogP contribution in [0.3, 0.4) is 0 Å². The summed E-state index contributed by atoms with van der Waals surface area (Å²) in [4.78, 5) is 6.82. The largest absolute Gasteiger partial charge is 0.370 e. The Morgan fingerprint density at radius 3 is 2.62 bits per heavy atom. The molecule has 0 aliphatic carbocycles. The second-order valence-corrected chi connectivity index (χ2v) is 7.70. The van der Waals surface area contributed by atoms with E-state index in [4.69, 9.17) is 4.74 Å². The lowest BCUT2D eigenvalue weighted by Crippen LogP contribution is -2.48. The van der Waals surface area contributed by atoms with Crippen molar-refractivity contribution in [3.8, 4) is 6.07 Å². The molecule has 0 saturated carbocycles. The molecule has 5 rings (SSSR count). The second-order valence-electron chi connectivity index (χ2n) is 7.70. The number of morpholine rings is 1. The highest BCUT2D eigenvalue weighted by atomic mass is 16.5. The molecule has 1 saturated heterocycles. The van der Waals surface area contributed by atoms with E-state index in [1.165, 1.54) is 10.8 Å². The van der Waals surface area contributed by atoms with Gasteiger partial charge in [-0.05, 0) is 42.0 Å². The van der Waals surface area contributed by atoms with Crippen LogP contribution < -0.4 is 4.90 Å². The Bertz CT molecular complexity index is 1190. The van der Waals surface area contributed by atoms with Crippen LogP contribution in [0, 0.1) is 11.3 Å². The van der Waals surface area contributed by atoms with Crippen molar-refractivity contribution in [1.29, 1.82) is 5.26 Å². The van der Waals surface area contributed by atoms with E-state index in [2.05, 4.69) is 64.1 Å². The Hall–Kier alpha value is -3.36. The van der Waals surface area contributed by atoms with Crippen LogP contribution in [-0.4, -0.2) is 34.8 Å². The zero-order valence-corrected chi connectivity index (χ0v) is 16.3. The highest BCUT2D eigenvalue weighted by Crippen LogP contribution is 2.30. The summed E-state index contributed by atoms with van der Waals surface area (Å²) in [5, 5.41) is 12.9. The van der Waals surface area contributed by atoms with Crippen molar-refractivity contribution in [3.05, 3.63) is 72.7 Å². The summed E-state index contributed by atoms with van der Waals surface area (Å²) in [7, 11) is 0. The summed E-state index contributed by atoms with van der Waals surface area (Å²) in [6, 6.07) is 18.6. The monoisotopic (exact) mass is 382 g/mol. The summed E-state index contributed by atoms with van der Waals surface area (Å²) >= 11 is 0. The highest BCUT2D eigenvalue weighted by molar-refractivity contribution is 5.95. The third-order valence-corrected chi connectivity index (χ3v) is 5.55. The molecule has 0 bridgehead atoms. The van der Waals surface area contributed by atoms with Gasteiger partial charge in [0.05, 0.1) is 29.8 Å². The average molecular weight is 382 g/mol. The Labute approximate surface area is 169 Å². The number of aromatic nitrogens is 2. The van der Waals surface area contributed by atoms with E-state index < -0.39 is 0 Å². The molecule has 5 heteroatoms. The molecule has 1 fully saturated rings. The van der Waals surface area contributed by atoms with Crippen LogP contribution in [0.4, 0.5) is 5.69 Å². The van der Waals surface area contributed by atoms with Crippen LogP contribution in [-0.2, 0) is 11.3 Å². The fourth-order valence-electron chi connectivity index (χ4n) is 4.35. The molecule has 0 amide bonds. The Morgan fingerprint density at radius 2 is 1.86 bits per heavy atom. The number of nitrogens with zero attached hydrogens (tertiary/aromatic N) is 4. The smallest absolute Gasteiger partial charge is 0.101 e. The first kappa shape index (κ1) is 17.7. The molecule has 144 valence electrons. The maximum atomic E-state index is 9.42. The maximum absolute atomic E-state index is 9.42. The number of benzene rings is 2. The highest BCUT2D eigenvalue weighted by Gasteiger charge is 2.27. The predicted molar refractivity (Wildman–Crippen MR) is 115 cm³/mol. The van der Waals surface area contributed by atoms with Gasteiger partial charge in [0.1, 0.15) is 6.07 Å². The van der Waals surface area contributed by atoms with Gasteiger partial charge in [-0.1, -0.05) is 24.3 Å². The lowest BCUT2D eigenvalue weighted by Gasteiger charge is -2.39. The van der Waals surface area contributed by atoms with E-state index in [1.807, 2.05) is 24.3 Å². The lowest BCUT2D eigenvalue weighted by atomic mass is 10.1. The van der Waals surface area contributed by atoms with Crippen molar-refractivity contribution >= 4 is 27.4 Å². The van der Waals surface area contributed by atoms with Gasteiger partial charge in [0.15, 0.2) is 0 Å². The summed E-state index contributed by atoms with van der Waals surface area (Å²) in [5.74, 6) is 0. The fourth-order valence-corrected chi connectivity index (χ4v) is 4.35. The van der Waals surface area contributed by atoms with Crippen molar-refractivity contribution in [1.82, 2.24) is 9.55 Å². The molecular formula is C24H22N4O. The van der Waals surface area contributed by atoms with Gasteiger partial charge in [-0.3, -0.25) is 4.98 Å². The minimum absolute atomic E-state index is 0.0860. The molecule has 0 radical (unpaired) electrons. The quantitative estimate of drug-likeness (QED) is 0.528. The Kier molecular flexibility index (Phi) is 4.42. The first-order chi connectivity index (χ1) is 14.2. The third kappa shape index (κ3) is 3.32. The molecule has 2 atom stereocenters. The molecule has 29 heavy (non-hydrogen) atoms. The number of anilines is 1. The number of pyridine rings is 1. The van der Waals surface area contributed by atoms with Gasteiger partial charge in [-0.15, -0.1) is 0 Å². The van der Waals surface area contributed by atoms with Gasteiger partial charge >= 0.3 is 0 Å². The number of nitriles is 1. The molecule has 0 unspecified atom stereocenters.